The molecule has 0 bridgehead atoms. The summed E-state index contributed by atoms with van der Waals surface area (Å²) in [5.41, 5.74) is 8.82. The number of nitrogens with two attached hydrogens (primary N) is 1. The van der Waals surface area contributed by atoms with E-state index in [0.717, 1.165) is 24.3 Å². The smallest absolute Gasteiger partial charge is 0.161 e. The van der Waals surface area contributed by atoms with Crippen LogP contribution in [0.25, 0.3) is 0 Å². The summed E-state index contributed by atoms with van der Waals surface area (Å²) in [5.74, 6) is 1.72. The first kappa shape index (κ1) is 10.9. The van der Waals surface area contributed by atoms with Crippen molar-refractivity contribution in [3.63, 3.8) is 0 Å². The summed E-state index contributed by atoms with van der Waals surface area (Å²) in [4.78, 5) is 0. The summed E-state index contributed by atoms with van der Waals surface area (Å²) in [5, 5.41) is 0. The number of hydrogen-bond acceptors (Lipinski definition) is 3. The lowest BCUT2D eigenvalue weighted by atomic mass is 9.86. The molecule has 3 nitrogen and oxygen atoms in total. The van der Waals surface area contributed by atoms with E-state index in [-0.39, 0.29) is 5.54 Å². The maximum Gasteiger partial charge on any atom is 0.161 e. The summed E-state index contributed by atoms with van der Waals surface area (Å²) in [6.07, 6.45) is 4.61. The van der Waals surface area contributed by atoms with Crippen LogP contribution in [0, 0.1) is 6.92 Å². The van der Waals surface area contributed by atoms with Crippen LogP contribution in [0.4, 0.5) is 0 Å². The van der Waals surface area contributed by atoms with Crippen molar-refractivity contribution in [2.75, 3.05) is 13.2 Å². The van der Waals surface area contributed by atoms with Crippen molar-refractivity contribution < 1.29 is 9.47 Å². The van der Waals surface area contributed by atoms with Crippen LogP contribution in [0.5, 0.6) is 11.5 Å². The Kier molecular flexibility index (Phi) is 2.51. The van der Waals surface area contributed by atoms with Gasteiger partial charge in [0.25, 0.3) is 0 Å². The molecule has 1 fully saturated rings. The van der Waals surface area contributed by atoms with Crippen LogP contribution in [-0.2, 0) is 5.54 Å². The van der Waals surface area contributed by atoms with Crippen LogP contribution < -0.4 is 15.2 Å². The van der Waals surface area contributed by atoms with Gasteiger partial charge in [0.2, 0.25) is 0 Å². The van der Waals surface area contributed by atoms with E-state index in [1.165, 1.54) is 24.0 Å². The van der Waals surface area contributed by atoms with Gasteiger partial charge in [-0.3, -0.25) is 0 Å². The highest BCUT2D eigenvalue weighted by atomic mass is 16.6. The minimum Gasteiger partial charge on any atom is -0.486 e. The Labute approximate surface area is 102 Å². The maximum atomic E-state index is 6.52. The zero-order valence-corrected chi connectivity index (χ0v) is 10.3. The summed E-state index contributed by atoms with van der Waals surface area (Å²) in [6.45, 7) is 3.38. The Hall–Kier alpha value is -1.22. The van der Waals surface area contributed by atoms with Crippen molar-refractivity contribution in [1.82, 2.24) is 0 Å². The highest BCUT2D eigenvalue weighted by Crippen LogP contribution is 2.42. The van der Waals surface area contributed by atoms with Crippen LogP contribution in [0.1, 0.15) is 36.8 Å². The van der Waals surface area contributed by atoms with Gasteiger partial charge in [-0.1, -0.05) is 12.8 Å². The van der Waals surface area contributed by atoms with Gasteiger partial charge in [0.15, 0.2) is 11.5 Å². The normalized spacial score (nSPS) is 21.5. The molecule has 17 heavy (non-hydrogen) atoms. The Bertz CT molecular complexity index is 436. The molecule has 2 aliphatic rings. The molecule has 0 saturated heterocycles. The van der Waals surface area contributed by atoms with E-state index in [1.807, 2.05) is 0 Å². The monoisotopic (exact) mass is 233 g/mol. The molecule has 0 unspecified atom stereocenters. The molecule has 1 aromatic rings. The molecule has 0 spiro atoms. The van der Waals surface area contributed by atoms with E-state index >= 15 is 0 Å². The number of aryl methyl sites for hydroxylation is 1. The average Bonchev–Trinajstić information content (AvgIpc) is 2.76. The van der Waals surface area contributed by atoms with Gasteiger partial charge in [-0.05, 0) is 43.0 Å². The molecule has 0 aromatic heterocycles. The van der Waals surface area contributed by atoms with Crippen molar-refractivity contribution >= 4 is 0 Å². The van der Waals surface area contributed by atoms with E-state index in [1.54, 1.807) is 0 Å². The largest absolute Gasteiger partial charge is 0.486 e. The van der Waals surface area contributed by atoms with Gasteiger partial charge in [-0.15, -0.1) is 0 Å². The summed E-state index contributed by atoms with van der Waals surface area (Å²) in [6, 6.07) is 4.16. The molecule has 1 heterocycles. The number of hydrogen-bond donors (Lipinski definition) is 1. The van der Waals surface area contributed by atoms with Gasteiger partial charge in [0.1, 0.15) is 13.2 Å². The minimum absolute atomic E-state index is 0.153. The fourth-order valence-corrected chi connectivity index (χ4v) is 3.00. The number of rotatable bonds is 1. The molecule has 92 valence electrons. The fourth-order valence-electron chi connectivity index (χ4n) is 3.00. The third-order valence-corrected chi connectivity index (χ3v) is 3.92. The molecule has 3 heteroatoms. The predicted molar refractivity (Wildman–Crippen MR) is 66.5 cm³/mol. The molecule has 3 rings (SSSR count). The molecule has 2 N–H and O–H groups in total. The number of benzene rings is 1. The highest BCUT2D eigenvalue weighted by Gasteiger charge is 2.33. The Morgan fingerprint density at radius 3 is 2.29 bits per heavy atom. The second kappa shape index (κ2) is 3.91. The zero-order valence-electron chi connectivity index (χ0n) is 10.3. The van der Waals surface area contributed by atoms with Gasteiger partial charge in [-0.25, -0.2) is 0 Å². The molecule has 0 atom stereocenters. The molecular formula is C14H19NO2. The van der Waals surface area contributed by atoms with Gasteiger partial charge < -0.3 is 15.2 Å². The van der Waals surface area contributed by atoms with Gasteiger partial charge in [0, 0.05) is 5.54 Å². The lowest BCUT2D eigenvalue weighted by Crippen LogP contribution is -2.34. The van der Waals surface area contributed by atoms with E-state index in [4.69, 9.17) is 15.2 Å². The third kappa shape index (κ3) is 1.78. The molecule has 1 saturated carbocycles. The SMILES string of the molecule is Cc1cc2c(cc1C1(N)CCCC1)OCCO2. The average molecular weight is 233 g/mol. The van der Waals surface area contributed by atoms with E-state index < -0.39 is 0 Å². The second-order valence-electron chi connectivity index (χ2n) is 5.17. The van der Waals surface area contributed by atoms with Crippen molar-refractivity contribution in [1.29, 1.82) is 0 Å². The molecule has 0 amide bonds. The van der Waals surface area contributed by atoms with Crippen molar-refractivity contribution in [2.45, 2.75) is 38.1 Å². The lowest BCUT2D eigenvalue weighted by molar-refractivity contribution is 0.171. The first-order chi connectivity index (χ1) is 8.19. The molecule has 1 aliphatic carbocycles. The molecule has 1 aliphatic heterocycles. The van der Waals surface area contributed by atoms with Crippen molar-refractivity contribution in [2.24, 2.45) is 5.73 Å². The summed E-state index contributed by atoms with van der Waals surface area (Å²) < 4.78 is 11.2. The van der Waals surface area contributed by atoms with Gasteiger partial charge in [0.05, 0.1) is 0 Å². The van der Waals surface area contributed by atoms with Crippen LogP contribution in [0.2, 0.25) is 0 Å². The Balaban J connectivity index is 2.04. The topological polar surface area (TPSA) is 44.5 Å². The van der Waals surface area contributed by atoms with E-state index in [9.17, 15) is 0 Å². The van der Waals surface area contributed by atoms with E-state index in [2.05, 4.69) is 19.1 Å². The molecule has 0 radical (unpaired) electrons. The predicted octanol–water partition coefficient (Wildman–Crippen LogP) is 2.49. The Morgan fingerprint density at radius 1 is 1.06 bits per heavy atom. The second-order valence-corrected chi connectivity index (χ2v) is 5.17. The quantitative estimate of drug-likeness (QED) is 0.810. The first-order valence-electron chi connectivity index (χ1n) is 6.39. The highest BCUT2D eigenvalue weighted by molar-refractivity contribution is 5.50. The van der Waals surface area contributed by atoms with Crippen molar-refractivity contribution in [3.05, 3.63) is 23.3 Å². The van der Waals surface area contributed by atoms with Gasteiger partial charge >= 0.3 is 0 Å². The van der Waals surface area contributed by atoms with Crippen molar-refractivity contribution in [3.8, 4) is 11.5 Å². The lowest BCUT2D eigenvalue weighted by Gasteiger charge is -2.28. The zero-order chi connectivity index (χ0) is 11.9. The van der Waals surface area contributed by atoms with Crippen LogP contribution >= 0.6 is 0 Å². The third-order valence-electron chi connectivity index (χ3n) is 3.92. The summed E-state index contributed by atoms with van der Waals surface area (Å²) in [7, 11) is 0. The first-order valence-corrected chi connectivity index (χ1v) is 6.39. The van der Waals surface area contributed by atoms with Crippen LogP contribution in [-0.4, -0.2) is 13.2 Å². The maximum absolute atomic E-state index is 6.52. The standard InChI is InChI=1S/C14H19NO2/c1-10-8-12-13(17-7-6-16-12)9-11(10)14(15)4-2-3-5-14/h8-9H,2-7,15H2,1H3. The molecular weight excluding hydrogens is 214 g/mol. The number of ether oxygens (including phenoxy) is 2. The minimum atomic E-state index is -0.153. The van der Waals surface area contributed by atoms with Crippen LogP contribution in [0.3, 0.4) is 0 Å². The summed E-state index contributed by atoms with van der Waals surface area (Å²) >= 11 is 0. The molecule has 1 aromatic carbocycles. The fraction of sp³-hybridized carbons (Fsp3) is 0.571. The Morgan fingerprint density at radius 2 is 1.65 bits per heavy atom. The number of fused-ring (bicyclic) bond motifs is 1. The van der Waals surface area contributed by atoms with E-state index in [0.29, 0.717) is 13.2 Å². The van der Waals surface area contributed by atoms with Gasteiger partial charge in [-0.2, -0.15) is 0 Å². The van der Waals surface area contributed by atoms with Crippen LogP contribution in [0.15, 0.2) is 12.1 Å².